The van der Waals surface area contributed by atoms with Gasteiger partial charge in [0.15, 0.2) is 0 Å². The Kier molecular flexibility index (Phi) is 7.82. The van der Waals surface area contributed by atoms with E-state index >= 15 is 0 Å². The van der Waals surface area contributed by atoms with Crippen LogP contribution >= 0.6 is 0 Å². The molecule has 0 saturated carbocycles. The van der Waals surface area contributed by atoms with Crippen molar-refractivity contribution in [2.24, 2.45) is 5.41 Å². The Bertz CT molecular complexity index is 2030. The molecular weight excluding hydrogens is 565 g/mol. The molecule has 0 spiro atoms. The van der Waals surface area contributed by atoms with E-state index in [-0.39, 0.29) is 5.41 Å². The van der Waals surface area contributed by atoms with Gasteiger partial charge in [-0.3, -0.25) is 0 Å². The lowest BCUT2D eigenvalue weighted by Crippen LogP contribution is -2.11. The summed E-state index contributed by atoms with van der Waals surface area (Å²) in [5, 5.41) is 5.97. The molecule has 4 aromatic rings. The quantitative estimate of drug-likeness (QED) is 0.155. The lowest BCUT2D eigenvalue weighted by atomic mass is 9.81. The number of aryl methyl sites for hydroxylation is 1. The van der Waals surface area contributed by atoms with Crippen LogP contribution in [-0.2, 0) is 11.8 Å². The number of allylic oxidation sites excluding steroid dienone is 7. The van der Waals surface area contributed by atoms with Gasteiger partial charge >= 0.3 is 0 Å². The number of hydrogen-bond donors (Lipinski definition) is 0. The van der Waals surface area contributed by atoms with E-state index in [1.54, 1.807) is 16.5 Å². The molecule has 0 saturated heterocycles. The molecule has 0 aliphatic heterocycles. The van der Waals surface area contributed by atoms with E-state index in [1.165, 1.54) is 66.3 Å². The number of rotatable bonds is 2. The third kappa shape index (κ3) is 5.47. The molecule has 4 aromatic carbocycles. The molecule has 0 radical (unpaired) electrons. The maximum Gasteiger partial charge on any atom is 0.00961 e. The van der Waals surface area contributed by atoms with Gasteiger partial charge in [0, 0.05) is 11.8 Å². The first-order chi connectivity index (χ1) is 22.3. The molecule has 0 fully saturated rings. The minimum Gasteiger partial charge on any atom is -0.0873 e. The van der Waals surface area contributed by atoms with Crippen LogP contribution in [0.25, 0.3) is 38.8 Å². The van der Waals surface area contributed by atoms with Gasteiger partial charge in [-0.25, -0.2) is 0 Å². The zero-order chi connectivity index (χ0) is 33.4. The van der Waals surface area contributed by atoms with Gasteiger partial charge in [0.2, 0.25) is 0 Å². The van der Waals surface area contributed by atoms with Crippen LogP contribution in [0.1, 0.15) is 151 Å². The van der Waals surface area contributed by atoms with Crippen LogP contribution in [0.4, 0.5) is 0 Å². The first-order valence-electron chi connectivity index (χ1n) is 18.3. The van der Waals surface area contributed by atoms with Gasteiger partial charge in [-0.05, 0) is 132 Å². The molecule has 0 N–H and O–H groups in total. The molecule has 4 aliphatic rings. The van der Waals surface area contributed by atoms with E-state index in [9.17, 15) is 0 Å². The summed E-state index contributed by atoms with van der Waals surface area (Å²) in [4.78, 5) is 0. The predicted octanol–water partition coefficient (Wildman–Crippen LogP) is 13.8. The van der Waals surface area contributed by atoms with Gasteiger partial charge in [0.05, 0.1) is 0 Å². The fourth-order valence-electron chi connectivity index (χ4n) is 8.61. The second-order valence-corrected chi connectivity index (χ2v) is 17.2. The summed E-state index contributed by atoms with van der Waals surface area (Å²) in [5.74, 6) is 1.49. The molecule has 3 atom stereocenters. The van der Waals surface area contributed by atoms with Crippen LogP contribution in [-0.4, -0.2) is 0 Å². The van der Waals surface area contributed by atoms with Gasteiger partial charge in [0.1, 0.15) is 0 Å². The van der Waals surface area contributed by atoms with E-state index in [1.807, 2.05) is 0 Å². The van der Waals surface area contributed by atoms with Crippen molar-refractivity contribution in [3.63, 3.8) is 0 Å². The van der Waals surface area contributed by atoms with Crippen molar-refractivity contribution in [2.45, 2.75) is 118 Å². The van der Waals surface area contributed by atoms with Crippen LogP contribution in [0, 0.1) is 5.41 Å². The molecule has 242 valence electrons. The number of fused-ring (bicyclic) bond motifs is 12. The minimum atomic E-state index is 0.123. The van der Waals surface area contributed by atoms with Crippen LogP contribution in [0.15, 0.2) is 78.4 Å². The molecule has 8 rings (SSSR count). The third-order valence-electron chi connectivity index (χ3n) is 11.0. The standard InChI is InChI=1S/C42H42.C5H12/c1-7-25-12-13-27-20-28(36-22-29(42(4,5)6)15-17-31(27)36)21-37-30(24(25)3)18-19-35-38(37)23-39-33-11-9-10-32(33)34-16-14-26(8-2)40(35)41(34)39;1-5(2,3)4/h9-10,12-19,21-24,32-33H,7-8,11,20H2,1-6H3;1-4H3/b25-12-,27-13+,28-21+;. The van der Waals surface area contributed by atoms with Crippen LogP contribution in [0.3, 0.4) is 0 Å². The summed E-state index contributed by atoms with van der Waals surface area (Å²) in [6.07, 6.45) is 16.7. The summed E-state index contributed by atoms with van der Waals surface area (Å²) in [7, 11) is 0. The van der Waals surface area contributed by atoms with E-state index in [4.69, 9.17) is 0 Å². The molecule has 47 heavy (non-hydrogen) atoms. The zero-order valence-corrected chi connectivity index (χ0v) is 30.6. The molecule has 4 aliphatic carbocycles. The van der Waals surface area contributed by atoms with Crippen molar-refractivity contribution in [1.82, 2.24) is 0 Å². The van der Waals surface area contributed by atoms with E-state index in [2.05, 4.69) is 148 Å². The molecule has 3 unspecified atom stereocenters. The molecule has 2 bridgehead atoms. The summed E-state index contributed by atoms with van der Waals surface area (Å²) in [5.41, 5.74) is 16.9. The largest absolute Gasteiger partial charge is 0.0873 e. The summed E-state index contributed by atoms with van der Waals surface area (Å²) < 4.78 is 0. The van der Waals surface area contributed by atoms with Crippen molar-refractivity contribution in [1.29, 1.82) is 0 Å². The van der Waals surface area contributed by atoms with Gasteiger partial charge < -0.3 is 0 Å². The topological polar surface area (TPSA) is 0 Å². The van der Waals surface area contributed by atoms with E-state index in [0.717, 1.165) is 25.7 Å². The van der Waals surface area contributed by atoms with E-state index in [0.29, 0.717) is 23.2 Å². The second-order valence-electron chi connectivity index (χ2n) is 17.2. The highest BCUT2D eigenvalue weighted by atomic mass is 14.4. The summed E-state index contributed by atoms with van der Waals surface area (Å²) >= 11 is 0. The zero-order valence-electron chi connectivity index (χ0n) is 30.6. The maximum atomic E-state index is 2.63. The first-order valence-corrected chi connectivity index (χ1v) is 18.3. The van der Waals surface area contributed by atoms with Gasteiger partial charge in [-0.1, -0.05) is 142 Å². The van der Waals surface area contributed by atoms with Crippen molar-refractivity contribution >= 4 is 38.8 Å². The van der Waals surface area contributed by atoms with Gasteiger partial charge in [-0.15, -0.1) is 0 Å². The Hall–Kier alpha value is -3.64. The highest BCUT2D eigenvalue weighted by molar-refractivity contribution is 6.16. The van der Waals surface area contributed by atoms with Crippen LogP contribution in [0.5, 0.6) is 0 Å². The summed E-state index contributed by atoms with van der Waals surface area (Å²) in [6, 6.07) is 19.7. The number of benzene rings is 4. The van der Waals surface area contributed by atoms with Crippen LogP contribution in [0.2, 0.25) is 0 Å². The monoisotopic (exact) mass is 618 g/mol. The average Bonchev–Trinajstić information content (AvgIpc) is 3.70. The molecular formula is C47H54. The lowest BCUT2D eigenvalue weighted by Gasteiger charge is -2.22. The van der Waals surface area contributed by atoms with Crippen molar-refractivity contribution in [3.8, 4) is 0 Å². The van der Waals surface area contributed by atoms with Crippen LogP contribution < -0.4 is 0 Å². The van der Waals surface area contributed by atoms with Crippen molar-refractivity contribution in [3.05, 3.63) is 123 Å². The Morgan fingerprint density at radius 1 is 0.702 bits per heavy atom. The normalized spacial score (nSPS) is 24.4. The molecule has 0 aromatic heterocycles. The smallest absolute Gasteiger partial charge is 0.00961 e. The molecule has 0 heteroatoms. The Balaban J connectivity index is 0.000000656. The molecule has 0 amide bonds. The van der Waals surface area contributed by atoms with Gasteiger partial charge in [0.25, 0.3) is 0 Å². The Morgan fingerprint density at radius 2 is 1.45 bits per heavy atom. The number of hydrogen-bond acceptors (Lipinski definition) is 0. The minimum absolute atomic E-state index is 0.123. The van der Waals surface area contributed by atoms with Crippen molar-refractivity contribution in [2.75, 3.05) is 0 Å². The predicted molar refractivity (Wildman–Crippen MR) is 208 cm³/mol. The van der Waals surface area contributed by atoms with E-state index < -0.39 is 0 Å². The highest BCUT2D eigenvalue weighted by Crippen LogP contribution is 2.55. The average molecular weight is 619 g/mol. The van der Waals surface area contributed by atoms with Crippen molar-refractivity contribution < 1.29 is 0 Å². The SMILES string of the molecule is CC(C)(C)C.CC/C1=C/C=C2\C/C(=C\c3c(ccc4c3cc3c5c(ccc(CC)c54)C4C=CCC34)C1C)c1cc(C(C)(C)C)ccc12. The Labute approximate surface area is 284 Å². The molecule has 0 nitrogen and oxygen atoms in total. The third-order valence-corrected chi connectivity index (χ3v) is 11.0. The first kappa shape index (κ1) is 31.9. The molecule has 0 heterocycles. The Morgan fingerprint density at radius 3 is 2.15 bits per heavy atom. The summed E-state index contributed by atoms with van der Waals surface area (Å²) in [6.45, 7) is 22.8. The lowest BCUT2D eigenvalue weighted by molar-refractivity contribution is 0.469. The maximum absolute atomic E-state index is 2.63. The van der Waals surface area contributed by atoms with Gasteiger partial charge in [-0.2, -0.15) is 0 Å². The second kappa shape index (κ2) is 11.5. The highest BCUT2D eigenvalue weighted by Gasteiger charge is 2.36. The fraction of sp³-hybridized carbons (Fsp3) is 0.404. The fourth-order valence-corrected chi connectivity index (χ4v) is 8.61.